The van der Waals surface area contributed by atoms with Crippen molar-refractivity contribution >= 4 is 0 Å². The Labute approximate surface area is 90.1 Å². The first-order valence-corrected chi connectivity index (χ1v) is 5.28. The molecule has 1 aliphatic heterocycles. The topological polar surface area (TPSA) is 41.5 Å². The molecule has 0 amide bonds. The van der Waals surface area contributed by atoms with Gasteiger partial charge in [-0.2, -0.15) is 0 Å². The van der Waals surface area contributed by atoms with Crippen molar-refractivity contribution in [2.45, 2.75) is 18.4 Å². The molecule has 1 fully saturated rings. The Kier molecular flexibility index (Phi) is 2.93. The maximum Gasteiger partial charge on any atom is 0.119 e. The van der Waals surface area contributed by atoms with Crippen LogP contribution in [0.1, 0.15) is 12.0 Å². The molecule has 1 saturated heterocycles. The Balaban J connectivity index is 2.09. The molecular weight excluding hydrogens is 190 g/mol. The Morgan fingerprint density at radius 3 is 3.07 bits per heavy atom. The van der Waals surface area contributed by atoms with E-state index in [2.05, 4.69) is 5.32 Å². The Morgan fingerprint density at radius 2 is 2.40 bits per heavy atom. The van der Waals surface area contributed by atoms with E-state index in [9.17, 15) is 5.11 Å². The van der Waals surface area contributed by atoms with Gasteiger partial charge in [-0.15, -0.1) is 0 Å². The van der Waals surface area contributed by atoms with Gasteiger partial charge in [0.05, 0.1) is 12.7 Å². The molecular formula is C12H17NO2. The van der Waals surface area contributed by atoms with E-state index in [4.69, 9.17) is 4.74 Å². The Morgan fingerprint density at radius 1 is 1.53 bits per heavy atom. The van der Waals surface area contributed by atoms with E-state index in [1.807, 2.05) is 24.3 Å². The van der Waals surface area contributed by atoms with Crippen molar-refractivity contribution < 1.29 is 9.84 Å². The van der Waals surface area contributed by atoms with Gasteiger partial charge in [-0.1, -0.05) is 12.1 Å². The molecule has 0 radical (unpaired) electrons. The van der Waals surface area contributed by atoms with Crippen LogP contribution in [0.3, 0.4) is 0 Å². The third-order valence-electron chi connectivity index (χ3n) is 2.89. The first kappa shape index (κ1) is 10.5. The predicted molar refractivity (Wildman–Crippen MR) is 59.1 cm³/mol. The lowest BCUT2D eigenvalue weighted by atomic mass is 9.94. The number of rotatable bonds is 3. The van der Waals surface area contributed by atoms with Crippen LogP contribution >= 0.6 is 0 Å². The molecule has 1 heterocycles. The summed E-state index contributed by atoms with van der Waals surface area (Å²) < 4.78 is 5.15. The average molecular weight is 207 g/mol. The third kappa shape index (κ3) is 2.49. The quantitative estimate of drug-likeness (QED) is 0.775. The van der Waals surface area contributed by atoms with Gasteiger partial charge in [0.2, 0.25) is 0 Å². The van der Waals surface area contributed by atoms with Crippen LogP contribution in [0.15, 0.2) is 24.3 Å². The summed E-state index contributed by atoms with van der Waals surface area (Å²) in [4.78, 5) is 0. The summed E-state index contributed by atoms with van der Waals surface area (Å²) in [6.07, 6.45) is 1.52. The molecule has 1 aromatic carbocycles. The monoisotopic (exact) mass is 207 g/mol. The van der Waals surface area contributed by atoms with E-state index in [1.165, 1.54) is 0 Å². The first-order chi connectivity index (χ1) is 7.22. The fourth-order valence-corrected chi connectivity index (χ4v) is 2.04. The van der Waals surface area contributed by atoms with E-state index in [-0.39, 0.29) is 0 Å². The molecule has 82 valence electrons. The zero-order valence-electron chi connectivity index (χ0n) is 8.99. The van der Waals surface area contributed by atoms with Crippen molar-refractivity contribution in [2.24, 2.45) is 0 Å². The molecule has 0 aliphatic carbocycles. The summed E-state index contributed by atoms with van der Waals surface area (Å²) in [6, 6.07) is 7.88. The maximum absolute atomic E-state index is 10.2. The molecule has 1 aromatic rings. The molecule has 0 saturated carbocycles. The van der Waals surface area contributed by atoms with E-state index in [1.54, 1.807) is 7.11 Å². The van der Waals surface area contributed by atoms with Crippen LogP contribution in [0.4, 0.5) is 0 Å². The smallest absolute Gasteiger partial charge is 0.119 e. The lowest BCUT2D eigenvalue weighted by Gasteiger charge is -2.21. The Bertz CT molecular complexity index is 332. The zero-order valence-corrected chi connectivity index (χ0v) is 8.99. The Hall–Kier alpha value is -1.06. The van der Waals surface area contributed by atoms with Gasteiger partial charge in [0.1, 0.15) is 5.75 Å². The van der Waals surface area contributed by atoms with Gasteiger partial charge in [0.25, 0.3) is 0 Å². The summed E-state index contributed by atoms with van der Waals surface area (Å²) in [7, 11) is 1.66. The van der Waals surface area contributed by atoms with Crippen LogP contribution in [-0.2, 0) is 6.42 Å². The van der Waals surface area contributed by atoms with Crippen LogP contribution in [0.25, 0.3) is 0 Å². The fourth-order valence-electron chi connectivity index (χ4n) is 2.04. The van der Waals surface area contributed by atoms with Gasteiger partial charge >= 0.3 is 0 Å². The lowest BCUT2D eigenvalue weighted by molar-refractivity contribution is 0.0618. The highest BCUT2D eigenvalue weighted by atomic mass is 16.5. The van der Waals surface area contributed by atoms with Gasteiger partial charge in [-0.25, -0.2) is 0 Å². The normalized spacial score (nSPS) is 25.5. The molecule has 1 atom stereocenters. The van der Waals surface area contributed by atoms with Crippen molar-refractivity contribution in [3.63, 3.8) is 0 Å². The number of nitrogens with one attached hydrogen (secondary N) is 1. The van der Waals surface area contributed by atoms with Crippen molar-refractivity contribution in [1.82, 2.24) is 5.32 Å². The number of methoxy groups -OCH3 is 1. The molecule has 3 heteroatoms. The fraction of sp³-hybridized carbons (Fsp3) is 0.500. The molecule has 2 rings (SSSR count). The molecule has 15 heavy (non-hydrogen) atoms. The number of benzene rings is 1. The molecule has 3 nitrogen and oxygen atoms in total. The summed E-state index contributed by atoms with van der Waals surface area (Å²) in [5.41, 5.74) is 0.548. The van der Waals surface area contributed by atoms with E-state index >= 15 is 0 Å². The second-order valence-electron chi connectivity index (χ2n) is 4.18. The molecule has 2 N–H and O–H groups in total. The molecule has 0 bridgehead atoms. The van der Waals surface area contributed by atoms with Crippen LogP contribution in [0.5, 0.6) is 5.75 Å². The van der Waals surface area contributed by atoms with Gasteiger partial charge in [0.15, 0.2) is 0 Å². The van der Waals surface area contributed by atoms with Crippen LogP contribution in [-0.4, -0.2) is 30.9 Å². The standard InChI is InChI=1S/C12H17NO2/c1-15-11-4-2-3-10(7-11)8-12(14)5-6-13-9-12/h2-4,7,13-14H,5-6,8-9H2,1H3. The number of β-amino-alcohol motifs (C(OH)–C–C–N with tert-alkyl or cyclic N) is 1. The van der Waals surface area contributed by atoms with Crippen LogP contribution in [0, 0.1) is 0 Å². The van der Waals surface area contributed by atoms with Gasteiger partial charge in [-0.05, 0) is 30.7 Å². The minimum Gasteiger partial charge on any atom is -0.497 e. The SMILES string of the molecule is COc1cccc(CC2(O)CCNC2)c1. The van der Waals surface area contributed by atoms with Crippen molar-refractivity contribution in [2.75, 3.05) is 20.2 Å². The minimum absolute atomic E-state index is 0.577. The predicted octanol–water partition coefficient (Wildman–Crippen LogP) is 0.962. The lowest BCUT2D eigenvalue weighted by Crippen LogP contribution is -2.33. The molecule has 0 spiro atoms. The largest absolute Gasteiger partial charge is 0.497 e. The van der Waals surface area contributed by atoms with Crippen molar-refractivity contribution in [3.8, 4) is 5.75 Å². The van der Waals surface area contributed by atoms with Gasteiger partial charge < -0.3 is 15.2 Å². The summed E-state index contributed by atoms with van der Waals surface area (Å²) >= 11 is 0. The van der Waals surface area contributed by atoms with Crippen LogP contribution < -0.4 is 10.1 Å². The minimum atomic E-state index is -0.577. The van der Waals surface area contributed by atoms with Crippen LogP contribution in [0.2, 0.25) is 0 Å². The molecule has 0 aromatic heterocycles. The number of aliphatic hydroxyl groups is 1. The van der Waals surface area contributed by atoms with E-state index < -0.39 is 5.60 Å². The number of ether oxygens (including phenoxy) is 1. The second kappa shape index (κ2) is 4.21. The average Bonchev–Trinajstić information content (AvgIpc) is 2.65. The van der Waals surface area contributed by atoms with E-state index in [0.717, 1.165) is 24.3 Å². The van der Waals surface area contributed by atoms with E-state index in [0.29, 0.717) is 13.0 Å². The number of hydrogen-bond donors (Lipinski definition) is 2. The second-order valence-corrected chi connectivity index (χ2v) is 4.18. The molecule has 1 aliphatic rings. The highest BCUT2D eigenvalue weighted by molar-refractivity contribution is 5.29. The molecule has 1 unspecified atom stereocenters. The van der Waals surface area contributed by atoms with Crippen molar-refractivity contribution in [1.29, 1.82) is 0 Å². The van der Waals surface area contributed by atoms with Gasteiger partial charge in [0, 0.05) is 13.0 Å². The first-order valence-electron chi connectivity index (χ1n) is 5.28. The zero-order chi connectivity index (χ0) is 10.7. The highest BCUT2D eigenvalue weighted by Crippen LogP contribution is 2.22. The third-order valence-corrected chi connectivity index (χ3v) is 2.89. The summed E-state index contributed by atoms with van der Waals surface area (Å²) in [5, 5.41) is 13.4. The summed E-state index contributed by atoms with van der Waals surface area (Å²) in [6.45, 7) is 1.59. The maximum atomic E-state index is 10.2. The van der Waals surface area contributed by atoms with Gasteiger partial charge in [-0.3, -0.25) is 0 Å². The van der Waals surface area contributed by atoms with Crippen molar-refractivity contribution in [3.05, 3.63) is 29.8 Å². The number of hydrogen-bond acceptors (Lipinski definition) is 3. The highest BCUT2D eigenvalue weighted by Gasteiger charge is 2.30. The summed E-state index contributed by atoms with van der Waals surface area (Å²) in [5.74, 6) is 0.849.